The molecule has 1 aromatic heterocycles. The van der Waals surface area contributed by atoms with Crippen LogP contribution in [0.3, 0.4) is 0 Å². The number of H-pyrrole nitrogens is 1. The molecule has 0 aliphatic carbocycles. The maximum atomic E-state index is 12.0. The van der Waals surface area contributed by atoms with Gasteiger partial charge < -0.3 is 19.8 Å². The second-order valence-corrected chi connectivity index (χ2v) is 5.65. The second kappa shape index (κ2) is 7.81. The fraction of sp³-hybridized carbons (Fsp3) is 0.263. The lowest BCUT2D eigenvalue weighted by atomic mass is 10.1. The first kappa shape index (κ1) is 17.0. The summed E-state index contributed by atoms with van der Waals surface area (Å²) >= 11 is 0. The molecular weight excluding hydrogens is 318 g/mol. The van der Waals surface area contributed by atoms with Gasteiger partial charge in [-0.2, -0.15) is 0 Å². The molecule has 0 spiro atoms. The molecule has 0 aliphatic rings. The van der Waals surface area contributed by atoms with Gasteiger partial charge in [0.1, 0.15) is 5.82 Å². The van der Waals surface area contributed by atoms with Crippen molar-refractivity contribution in [2.75, 3.05) is 20.8 Å². The van der Waals surface area contributed by atoms with E-state index in [4.69, 9.17) is 9.47 Å². The summed E-state index contributed by atoms with van der Waals surface area (Å²) in [7, 11) is 3.25. The molecule has 0 saturated carbocycles. The number of rotatable bonds is 7. The van der Waals surface area contributed by atoms with E-state index < -0.39 is 0 Å². The number of hydrogen-bond acceptors (Lipinski definition) is 5. The quantitative estimate of drug-likeness (QED) is 0.646. The number of aromatic nitrogens is 2. The Bertz CT molecular complexity index is 921. The van der Waals surface area contributed by atoms with Gasteiger partial charge in [0.15, 0.2) is 11.5 Å². The van der Waals surface area contributed by atoms with Crippen LogP contribution in [0, 0.1) is 0 Å². The number of nitrogens with one attached hydrogen (secondary N) is 2. The SMILES string of the molecule is COc1ccc(CCNCc2nc3ccccc3c(=O)[nH]2)cc1OC. The second-order valence-electron chi connectivity index (χ2n) is 5.65. The molecule has 1 heterocycles. The fourth-order valence-corrected chi connectivity index (χ4v) is 2.69. The van der Waals surface area contributed by atoms with Crippen LogP contribution in [-0.4, -0.2) is 30.7 Å². The number of methoxy groups -OCH3 is 2. The molecule has 0 radical (unpaired) electrons. The minimum atomic E-state index is -0.109. The summed E-state index contributed by atoms with van der Waals surface area (Å²) in [4.78, 5) is 19.3. The first-order valence-electron chi connectivity index (χ1n) is 8.11. The normalized spacial score (nSPS) is 10.8. The highest BCUT2D eigenvalue weighted by molar-refractivity contribution is 5.77. The number of fused-ring (bicyclic) bond motifs is 1. The zero-order valence-corrected chi connectivity index (χ0v) is 14.3. The molecule has 0 saturated heterocycles. The van der Waals surface area contributed by atoms with Crippen LogP contribution in [0.4, 0.5) is 0 Å². The summed E-state index contributed by atoms with van der Waals surface area (Å²) < 4.78 is 10.5. The molecule has 0 unspecified atom stereocenters. The van der Waals surface area contributed by atoms with Gasteiger partial charge in [0, 0.05) is 0 Å². The smallest absolute Gasteiger partial charge is 0.258 e. The van der Waals surface area contributed by atoms with Crippen molar-refractivity contribution in [3.63, 3.8) is 0 Å². The van der Waals surface area contributed by atoms with Gasteiger partial charge in [0.05, 0.1) is 31.7 Å². The standard InChI is InChI=1S/C19H21N3O3/c1-24-16-8-7-13(11-17(16)25-2)9-10-20-12-18-21-15-6-4-3-5-14(15)19(23)22-18/h3-8,11,20H,9-10,12H2,1-2H3,(H,21,22,23). The van der Waals surface area contributed by atoms with Crippen molar-refractivity contribution in [3.8, 4) is 11.5 Å². The van der Waals surface area contributed by atoms with Crippen LogP contribution in [0.1, 0.15) is 11.4 Å². The van der Waals surface area contributed by atoms with Gasteiger partial charge in [-0.3, -0.25) is 4.79 Å². The monoisotopic (exact) mass is 339 g/mol. The highest BCUT2D eigenvalue weighted by atomic mass is 16.5. The lowest BCUT2D eigenvalue weighted by molar-refractivity contribution is 0.354. The predicted octanol–water partition coefficient (Wildman–Crippen LogP) is 2.27. The molecule has 0 aliphatic heterocycles. The molecule has 2 N–H and O–H groups in total. The molecule has 130 valence electrons. The summed E-state index contributed by atoms with van der Waals surface area (Å²) in [6.07, 6.45) is 0.832. The minimum Gasteiger partial charge on any atom is -0.493 e. The van der Waals surface area contributed by atoms with Crippen molar-refractivity contribution in [3.05, 3.63) is 64.2 Å². The van der Waals surface area contributed by atoms with Crippen LogP contribution in [-0.2, 0) is 13.0 Å². The predicted molar refractivity (Wildman–Crippen MR) is 97.3 cm³/mol. The summed E-state index contributed by atoms with van der Waals surface area (Å²) in [6.45, 7) is 1.26. The van der Waals surface area contributed by atoms with Gasteiger partial charge in [0.25, 0.3) is 5.56 Å². The maximum absolute atomic E-state index is 12.0. The molecule has 6 heteroatoms. The average Bonchev–Trinajstić information content (AvgIpc) is 2.65. The number of benzene rings is 2. The van der Waals surface area contributed by atoms with Crippen LogP contribution in [0.25, 0.3) is 10.9 Å². The third-order valence-corrected chi connectivity index (χ3v) is 3.99. The largest absolute Gasteiger partial charge is 0.493 e. The number of hydrogen-bond donors (Lipinski definition) is 2. The van der Waals surface area contributed by atoms with E-state index in [1.165, 1.54) is 0 Å². The Labute approximate surface area is 145 Å². The highest BCUT2D eigenvalue weighted by Gasteiger charge is 2.05. The summed E-state index contributed by atoms with van der Waals surface area (Å²) in [6, 6.07) is 13.2. The number of aromatic amines is 1. The lowest BCUT2D eigenvalue weighted by Crippen LogP contribution is -2.21. The Hall–Kier alpha value is -2.86. The Kier molecular flexibility index (Phi) is 5.30. The van der Waals surface area contributed by atoms with Crippen LogP contribution >= 0.6 is 0 Å². The van der Waals surface area contributed by atoms with Crippen LogP contribution < -0.4 is 20.3 Å². The molecule has 2 aromatic carbocycles. The van der Waals surface area contributed by atoms with Crippen molar-refractivity contribution >= 4 is 10.9 Å². The van der Waals surface area contributed by atoms with Crippen molar-refractivity contribution in [2.45, 2.75) is 13.0 Å². The van der Waals surface area contributed by atoms with Gasteiger partial charge in [0.2, 0.25) is 0 Å². The van der Waals surface area contributed by atoms with E-state index in [1.807, 2.05) is 36.4 Å². The number of para-hydroxylation sites is 1. The Morgan fingerprint density at radius 1 is 1.08 bits per heavy atom. The first-order valence-corrected chi connectivity index (χ1v) is 8.11. The lowest BCUT2D eigenvalue weighted by Gasteiger charge is -2.10. The molecule has 3 aromatic rings. The Morgan fingerprint density at radius 2 is 1.88 bits per heavy atom. The van der Waals surface area contributed by atoms with E-state index in [1.54, 1.807) is 20.3 Å². The van der Waals surface area contributed by atoms with Gasteiger partial charge >= 0.3 is 0 Å². The molecule has 0 bridgehead atoms. The van der Waals surface area contributed by atoms with Crippen molar-refractivity contribution in [2.24, 2.45) is 0 Å². The van der Waals surface area contributed by atoms with Gasteiger partial charge in [-0.1, -0.05) is 18.2 Å². The third kappa shape index (κ3) is 3.97. The molecule has 25 heavy (non-hydrogen) atoms. The van der Waals surface area contributed by atoms with E-state index in [0.717, 1.165) is 30.0 Å². The van der Waals surface area contributed by atoms with Crippen molar-refractivity contribution in [1.29, 1.82) is 0 Å². The van der Waals surface area contributed by atoms with E-state index in [2.05, 4.69) is 15.3 Å². The summed E-state index contributed by atoms with van der Waals surface area (Å²) in [5, 5.41) is 3.91. The topological polar surface area (TPSA) is 76.2 Å². The molecule has 3 rings (SSSR count). The molecule has 0 fully saturated rings. The zero-order valence-electron chi connectivity index (χ0n) is 14.3. The van der Waals surface area contributed by atoms with E-state index >= 15 is 0 Å². The Balaban J connectivity index is 1.59. The van der Waals surface area contributed by atoms with Crippen LogP contribution in [0.15, 0.2) is 47.3 Å². The molecule has 0 amide bonds. The fourth-order valence-electron chi connectivity index (χ4n) is 2.69. The summed E-state index contributed by atoms with van der Waals surface area (Å²) in [5.41, 5.74) is 1.75. The van der Waals surface area contributed by atoms with Crippen LogP contribution in [0.5, 0.6) is 11.5 Å². The van der Waals surface area contributed by atoms with Crippen molar-refractivity contribution in [1.82, 2.24) is 15.3 Å². The molecule has 6 nitrogen and oxygen atoms in total. The highest BCUT2D eigenvalue weighted by Crippen LogP contribution is 2.27. The first-order chi connectivity index (χ1) is 12.2. The van der Waals surface area contributed by atoms with E-state index in [0.29, 0.717) is 23.3 Å². The van der Waals surface area contributed by atoms with Gasteiger partial charge in [-0.05, 0) is 42.8 Å². The Morgan fingerprint density at radius 3 is 2.68 bits per heavy atom. The number of nitrogens with zero attached hydrogens (tertiary/aromatic N) is 1. The average molecular weight is 339 g/mol. The van der Waals surface area contributed by atoms with Gasteiger partial charge in [-0.25, -0.2) is 4.98 Å². The van der Waals surface area contributed by atoms with Crippen LogP contribution in [0.2, 0.25) is 0 Å². The minimum absolute atomic E-state index is 0.109. The zero-order chi connectivity index (χ0) is 17.6. The number of ether oxygens (including phenoxy) is 2. The maximum Gasteiger partial charge on any atom is 0.258 e. The molecular formula is C19H21N3O3. The van der Waals surface area contributed by atoms with Crippen molar-refractivity contribution < 1.29 is 9.47 Å². The summed E-state index contributed by atoms with van der Waals surface area (Å²) in [5.74, 6) is 2.08. The van der Waals surface area contributed by atoms with E-state index in [-0.39, 0.29) is 5.56 Å². The molecule has 0 atom stereocenters. The van der Waals surface area contributed by atoms with Gasteiger partial charge in [-0.15, -0.1) is 0 Å². The third-order valence-electron chi connectivity index (χ3n) is 3.99. The van der Waals surface area contributed by atoms with E-state index in [9.17, 15) is 4.79 Å².